The fourth-order valence-electron chi connectivity index (χ4n) is 5.87. The predicted molar refractivity (Wildman–Crippen MR) is 149 cm³/mol. The molecule has 6 heteroatoms. The molecule has 1 N–H and O–H groups in total. The van der Waals surface area contributed by atoms with Crippen LogP contribution in [0.15, 0.2) is 36.4 Å². The lowest BCUT2D eigenvalue weighted by atomic mass is 9.82. The molecule has 4 heterocycles. The molecule has 2 aromatic heterocycles. The van der Waals surface area contributed by atoms with E-state index in [9.17, 15) is 9.90 Å². The zero-order valence-corrected chi connectivity index (χ0v) is 22.8. The molecule has 1 fully saturated rings. The summed E-state index contributed by atoms with van der Waals surface area (Å²) in [7, 11) is 0. The first-order valence-corrected chi connectivity index (χ1v) is 13.4. The van der Waals surface area contributed by atoms with Crippen molar-refractivity contribution in [2.75, 3.05) is 29.4 Å². The van der Waals surface area contributed by atoms with Crippen molar-refractivity contribution in [3.63, 3.8) is 0 Å². The fourth-order valence-corrected chi connectivity index (χ4v) is 5.87. The minimum atomic E-state index is -0.811. The number of hydrogen-bond acceptors (Lipinski definition) is 5. The van der Waals surface area contributed by atoms with Crippen molar-refractivity contribution in [1.82, 2.24) is 9.97 Å². The summed E-state index contributed by atoms with van der Waals surface area (Å²) < 4.78 is 0. The van der Waals surface area contributed by atoms with E-state index in [4.69, 9.17) is 9.97 Å². The lowest BCUT2D eigenvalue weighted by Crippen LogP contribution is -2.38. The number of anilines is 2. The summed E-state index contributed by atoms with van der Waals surface area (Å²) in [5.41, 5.74) is 9.96. The number of fused-ring (bicyclic) bond motifs is 1. The topological polar surface area (TPSA) is 69.6 Å². The number of nitrogens with zero attached hydrogens (tertiary/aromatic N) is 4. The van der Waals surface area contributed by atoms with E-state index in [1.807, 2.05) is 19.9 Å². The molecule has 0 unspecified atom stereocenters. The Morgan fingerprint density at radius 3 is 2.41 bits per heavy atom. The molecule has 194 valence electrons. The van der Waals surface area contributed by atoms with Gasteiger partial charge in [0.15, 0.2) is 0 Å². The van der Waals surface area contributed by atoms with Crippen molar-refractivity contribution in [3.05, 3.63) is 70.2 Å². The Hall–Kier alpha value is -3.41. The molecule has 5 rings (SSSR count). The summed E-state index contributed by atoms with van der Waals surface area (Å²) >= 11 is 0. The van der Waals surface area contributed by atoms with Crippen LogP contribution in [-0.2, 0) is 24.2 Å². The van der Waals surface area contributed by atoms with Crippen LogP contribution in [0.5, 0.6) is 0 Å². The number of piperidine rings is 1. The Balaban J connectivity index is 1.55. The standard InChI is InChI=1S/C31H38N4O2/c1-20-7-6-8-27(32-20)35-14-11-23-17-24(9-10-25(23)19-35)29-22(3)33-21(2)26(18-28(36)37)30(29)34-15-12-31(4,5)13-16-34/h6-10,17H,11-16,18-19H2,1-5H3,(H,36,37). The number of aliphatic carboxylic acids is 1. The number of aromatic nitrogens is 2. The number of carboxylic acids is 1. The summed E-state index contributed by atoms with van der Waals surface area (Å²) in [6, 6.07) is 13.0. The van der Waals surface area contributed by atoms with E-state index in [2.05, 4.69) is 60.9 Å². The molecule has 2 aliphatic rings. The van der Waals surface area contributed by atoms with Crippen molar-refractivity contribution < 1.29 is 9.90 Å². The first kappa shape index (κ1) is 25.2. The number of carboxylic acid groups (broad SMARTS) is 1. The van der Waals surface area contributed by atoms with E-state index in [1.165, 1.54) is 11.1 Å². The molecule has 0 aliphatic carbocycles. The minimum Gasteiger partial charge on any atom is -0.481 e. The molecule has 0 radical (unpaired) electrons. The molecule has 3 aromatic rings. The maximum Gasteiger partial charge on any atom is 0.307 e. The molecule has 1 aromatic carbocycles. The van der Waals surface area contributed by atoms with Gasteiger partial charge in [0.25, 0.3) is 0 Å². The average molecular weight is 499 g/mol. The smallest absolute Gasteiger partial charge is 0.307 e. The van der Waals surface area contributed by atoms with Crippen molar-refractivity contribution in [2.45, 2.75) is 66.8 Å². The summed E-state index contributed by atoms with van der Waals surface area (Å²) in [6.45, 7) is 14.3. The van der Waals surface area contributed by atoms with Gasteiger partial charge in [-0.05, 0) is 74.3 Å². The number of carbonyl (C=O) groups is 1. The SMILES string of the molecule is Cc1cccc(N2CCc3cc(-c4c(C)nc(C)c(CC(=O)O)c4N4CCC(C)(C)CC4)ccc3C2)n1. The number of pyridine rings is 2. The number of aryl methyl sites for hydroxylation is 3. The van der Waals surface area contributed by atoms with Crippen molar-refractivity contribution in [1.29, 1.82) is 0 Å². The van der Waals surface area contributed by atoms with Gasteiger partial charge in [-0.25, -0.2) is 4.98 Å². The minimum absolute atomic E-state index is 0.00919. The van der Waals surface area contributed by atoms with Crippen LogP contribution in [-0.4, -0.2) is 40.7 Å². The van der Waals surface area contributed by atoms with Crippen LogP contribution in [0.2, 0.25) is 0 Å². The highest BCUT2D eigenvalue weighted by Gasteiger charge is 2.30. The van der Waals surface area contributed by atoms with Gasteiger partial charge in [-0.1, -0.05) is 38.1 Å². The van der Waals surface area contributed by atoms with Crippen LogP contribution >= 0.6 is 0 Å². The third-order valence-electron chi connectivity index (χ3n) is 8.12. The van der Waals surface area contributed by atoms with E-state index < -0.39 is 5.97 Å². The number of hydrogen-bond donors (Lipinski definition) is 1. The van der Waals surface area contributed by atoms with E-state index in [1.54, 1.807) is 0 Å². The van der Waals surface area contributed by atoms with E-state index in [0.29, 0.717) is 5.41 Å². The van der Waals surface area contributed by atoms with Gasteiger partial charge >= 0.3 is 5.97 Å². The van der Waals surface area contributed by atoms with Crippen molar-refractivity contribution in [2.24, 2.45) is 5.41 Å². The second-order valence-electron chi connectivity index (χ2n) is 11.5. The fraction of sp³-hybridized carbons (Fsp3) is 0.452. The molecule has 0 bridgehead atoms. The summed E-state index contributed by atoms with van der Waals surface area (Å²) in [5.74, 6) is 0.218. The van der Waals surface area contributed by atoms with E-state index >= 15 is 0 Å². The monoisotopic (exact) mass is 498 g/mol. The quantitative estimate of drug-likeness (QED) is 0.473. The Morgan fingerprint density at radius 2 is 1.70 bits per heavy atom. The normalized spacial score (nSPS) is 17.0. The zero-order valence-electron chi connectivity index (χ0n) is 22.8. The maximum atomic E-state index is 11.9. The van der Waals surface area contributed by atoms with Gasteiger partial charge in [0, 0.05) is 54.4 Å². The lowest BCUT2D eigenvalue weighted by Gasteiger charge is -2.40. The third kappa shape index (κ3) is 5.20. The predicted octanol–water partition coefficient (Wildman–Crippen LogP) is 5.89. The first-order valence-electron chi connectivity index (χ1n) is 13.4. The second-order valence-corrected chi connectivity index (χ2v) is 11.5. The molecule has 6 nitrogen and oxygen atoms in total. The Bertz CT molecular complexity index is 1340. The van der Waals surface area contributed by atoms with Crippen molar-refractivity contribution in [3.8, 4) is 11.1 Å². The van der Waals surface area contributed by atoms with Gasteiger partial charge in [-0.15, -0.1) is 0 Å². The zero-order chi connectivity index (χ0) is 26.3. The van der Waals surface area contributed by atoms with Crippen LogP contribution in [0, 0.1) is 26.2 Å². The molecule has 37 heavy (non-hydrogen) atoms. The van der Waals surface area contributed by atoms with Crippen LogP contribution in [0.3, 0.4) is 0 Å². The van der Waals surface area contributed by atoms with Gasteiger partial charge in [0.2, 0.25) is 0 Å². The highest BCUT2D eigenvalue weighted by atomic mass is 16.4. The molecule has 0 saturated carbocycles. The van der Waals surface area contributed by atoms with E-state index in [0.717, 1.165) is 90.7 Å². The second kappa shape index (κ2) is 9.81. The average Bonchev–Trinajstić information content (AvgIpc) is 2.85. The summed E-state index contributed by atoms with van der Waals surface area (Å²) in [4.78, 5) is 26.2. The molecule has 0 atom stereocenters. The maximum absolute atomic E-state index is 11.9. The Kier molecular flexibility index (Phi) is 6.69. The molecular formula is C31H38N4O2. The van der Waals surface area contributed by atoms with Crippen LogP contribution in [0.25, 0.3) is 11.1 Å². The van der Waals surface area contributed by atoms with Crippen molar-refractivity contribution >= 4 is 17.5 Å². The Labute approximate surface area is 220 Å². The molecule has 1 saturated heterocycles. The van der Waals surface area contributed by atoms with E-state index in [-0.39, 0.29) is 6.42 Å². The van der Waals surface area contributed by atoms with Gasteiger partial charge in [0.1, 0.15) is 5.82 Å². The molecule has 0 amide bonds. The third-order valence-corrected chi connectivity index (χ3v) is 8.12. The van der Waals surface area contributed by atoms with Crippen LogP contribution < -0.4 is 9.80 Å². The highest BCUT2D eigenvalue weighted by Crippen LogP contribution is 2.42. The van der Waals surface area contributed by atoms with Gasteiger partial charge in [-0.3, -0.25) is 9.78 Å². The summed E-state index contributed by atoms with van der Waals surface area (Å²) in [6.07, 6.45) is 3.12. The van der Waals surface area contributed by atoms with Gasteiger partial charge in [-0.2, -0.15) is 0 Å². The first-order chi connectivity index (χ1) is 17.6. The number of benzene rings is 1. The van der Waals surface area contributed by atoms with Crippen LogP contribution in [0.1, 0.15) is 60.5 Å². The van der Waals surface area contributed by atoms with Gasteiger partial charge < -0.3 is 14.9 Å². The number of rotatable bonds is 5. The van der Waals surface area contributed by atoms with Crippen LogP contribution in [0.4, 0.5) is 11.5 Å². The molecular weight excluding hydrogens is 460 g/mol. The highest BCUT2D eigenvalue weighted by molar-refractivity contribution is 5.86. The lowest BCUT2D eigenvalue weighted by molar-refractivity contribution is -0.136. The molecule has 2 aliphatic heterocycles. The Morgan fingerprint density at radius 1 is 0.946 bits per heavy atom. The molecule has 0 spiro atoms. The summed E-state index contributed by atoms with van der Waals surface area (Å²) in [5, 5.41) is 9.77. The van der Waals surface area contributed by atoms with Gasteiger partial charge in [0.05, 0.1) is 12.1 Å². The largest absolute Gasteiger partial charge is 0.481 e.